The fraction of sp³-hybridized carbons (Fsp3) is 0.833. The van der Waals surface area contributed by atoms with Crippen LogP contribution in [-0.2, 0) is 11.3 Å². The van der Waals surface area contributed by atoms with Gasteiger partial charge in [-0.05, 0) is 117 Å². The van der Waals surface area contributed by atoms with E-state index in [2.05, 4.69) is 19.9 Å². The highest BCUT2D eigenvalue weighted by Crippen LogP contribution is 2.77. The number of nitrogens with zero attached hydrogens (tertiary/aromatic N) is 3. The standard InChI is InChI=1S/C30H41N3O2/c1-16-24-25(16)27(23(34)15-33-14-19(13-31)28(32-33)17-4-5-17)30(3)11-9-21-20-8-10-29(2,35)12-18(20)6-7-22(21)26(24)30/h14,16-18,20-22,24-27,35H,4-12,15H2,1-3H3/t16-,18+,20-,21+,22+,24+,25-,26+,27-,29+,30-/m0/s1. The first-order valence-electron chi connectivity index (χ1n) is 14.4. The Morgan fingerprint density at radius 3 is 2.63 bits per heavy atom. The highest BCUT2D eigenvalue weighted by Gasteiger charge is 2.74. The third-order valence-corrected chi connectivity index (χ3v) is 12.1. The maximum absolute atomic E-state index is 13.9. The second-order valence-corrected chi connectivity index (χ2v) is 14.1. The molecule has 5 nitrogen and oxygen atoms in total. The van der Waals surface area contributed by atoms with Crippen molar-refractivity contribution in [2.45, 2.75) is 96.6 Å². The van der Waals surface area contributed by atoms with Gasteiger partial charge in [0, 0.05) is 18.0 Å². The summed E-state index contributed by atoms with van der Waals surface area (Å²) >= 11 is 0. The van der Waals surface area contributed by atoms with Crippen molar-refractivity contribution in [3.05, 3.63) is 17.5 Å². The van der Waals surface area contributed by atoms with Gasteiger partial charge in [0.25, 0.3) is 0 Å². The van der Waals surface area contributed by atoms with Crippen LogP contribution in [0.3, 0.4) is 0 Å². The smallest absolute Gasteiger partial charge is 0.158 e. The van der Waals surface area contributed by atoms with Gasteiger partial charge in [-0.2, -0.15) is 10.4 Å². The highest BCUT2D eigenvalue weighted by molar-refractivity contribution is 5.83. The number of carbonyl (C=O) groups excluding carboxylic acids is 1. The number of ketones is 1. The summed E-state index contributed by atoms with van der Waals surface area (Å²) in [5.41, 5.74) is 1.24. The Labute approximate surface area is 209 Å². The third-order valence-electron chi connectivity index (χ3n) is 12.1. The molecule has 35 heavy (non-hydrogen) atoms. The summed E-state index contributed by atoms with van der Waals surface area (Å²) in [5.74, 6) is 6.63. The van der Waals surface area contributed by atoms with E-state index in [0.717, 1.165) is 55.0 Å². The van der Waals surface area contributed by atoms with E-state index >= 15 is 0 Å². The Morgan fingerprint density at radius 2 is 1.89 bits per heavy atom. The maximum atomic E-state index is 13.9. The van der Waals surface area contributed by atoms with Crippen molar-refractivity contribution in [3.63, 3.8) is 0 Å². The first-order valence-corrected chi connectivity index (χ1v) is 14.4. The van der Waals surface area contributed by atoms with Gasteiger partial charge >= 0.3 is 0 Å². The second-order valence-electron chi connectivity index (χ2n) is 14.1. The average molecular weight is 476 g/mol. The van der Waals surface area contributed by atoms with E-state index in [-0.39, 0.29) is 11.3 Å². The number of hydrogen-bond donors (Lipinski definition) is 1. The maximum Gasteiger partial charge on any atom is 0.158 e. The lowest BCUT2D eigenvalue weighted by molar-refractivity contribution is -0.137. The predicted molar refractivity (Wildman–Crippen MR) is 132 cm³/mol. The van der Waals surface area contributed by atoms with Crippen LogP contribution in [0.1, 0.15) is 95.7 Å². The molecule has 0 radical (unpaired) electrons. The van der Waals surface area contributed by atoms with E-state index in [1.807, 2.05) is 13.1 Å². The molecule has 6 aliphatic carbocycles. The highest BCUT2D eigenvalue weighted by atomic mass is 16.3. The number of aliphatic hydroxyl groups is 1. The Hall–Kier alpha value is -1.67. The largest absolute Gasteiger partial charge is 0.390 e. The molecule has 0 saturated heterocycles. The van der Waals surface area contributed by atoms with Crippen LogP contribution >= 0.6 is 0 Å². The number of rotatable bonds is 4. The summed E-state index contributed by atoms with van der Waals surface area (Å²) in [6.07, 6.45) is 12.2. The van der Waals surface area contributed by atoms with Crippen LogP contribution in [0.25, 0.3) is 0 Å². The molecule has 11 atom stereocenters. The summed E-state index contributed by atoms with van der Waals surface area (Å²) in [6, 6.07) is 2.31. The molecule has 0 spiro atoms. The van der Waals surface area contributed by atoms with Crippen molar-refractivity contribution < 1.29 is 9.90 Å². The van der Waals surface area contributed by atoms with Crippen LogP contribution in [0.5, 0.6) is 0 Å². The lowest BCUT2D eigenvalue weighted by Crippen LogP contribution is -2.52. The van der Waals surface area contributed by atoms with Gasteiger partial charge in [0.15, 0.2) is 5.78 Å². The van der Waals surface area contributed by atoms with E-state index in [1.165, 1.54) is 32.1 Å². The number of hydrogen-bond acceptors (Lipinski definition) is 4. The molecular weight excluding hydrogens is 434 g/mol. The minimum Gasteiger partial charge on any atom is -0.390 e. The van der Waals surface area contributed by atoms with E-state index in [1.54, 1.807) is 4.68 Å². The first kappa shape index (κ1) is 22.5. The van der Waals surface area contributed by atoms with Crippen LogP contribution in [0.2, 0.25) is 0 Å². The number of carbonyl (C=O) groups is 1. The van der Waals surface area contributed by atoms with Gasteiger partial charge < -0.3 is 5.11 Å². The molecule has 7 rings (SSSR count). The molecule has 1 aromatic rings. The lowest BCUT2D eigenvalue weighted by atomic mass is 9.47. The summed E-state index contributed by atoms with van der Waals surface area (Å²) in [4.78, 5) is 13.9. The monoisotopic (exact) mass is 475 g/mol. The molecule has 1 N–H and O–H groups in total. The molecule has 0 amide bonds. The van der Waals surface area contributed by atoms with Gasteiger partial charge in [-0.1, -0.05) is 13.8 Å². The fourth-order valence-corrected chi connectivity index (χ4v) is 10.6. The summed E-state index contributed by atoms with van der Waals surface area (Å²) < 4.78 is 1.79. The van der Waals surface area contributed by atoms with Gasteiger partial charge in [-0.3, -0.25) is 9.48 Å². The molecule has 1 heterocycles. The van der Waals surface area contributed by atoms with Crippen LogP contribution in [0, 0.1) is 70.0 Å². The number of nitriles is 1. The molecule has 0 aromatic carbocycles. The van der Waals surface area contributed by atoms with Crippen LogP contribution in [0.4, 0.5) is 0 Å². The van der Waals surface area contributed by atoms with Crippen LogP contribution < -0.4 is 0 Å². The van der Waals surface area contributed by atoms with Crippen LogP contribution in [-0.4, -0.2) is 26.3 Å². The minimum atomic E-state index is -0.463. The summed E-state index contributed by atoms with van der Waals surface area (Å²) in [5, 5.41) is 25.0. The molecule has 6 aliphatic rings. The predicted octanol–water partition coefficient (Wildman–Crippen LogP) is 5.32. The quantitative estimate of drug-likeness (QED) is 0.639. The Bertz CT molecular complexity index is 1100. The fourth-order valence-electron chi connectivity index (χ4n) is 10.6. The molecule has 188 valence electrons. The molecule has 0 bridgehead atoms. The van der Waals surface area contributed by atoms with Crippen molar-refractivity contribution in [1.82, 2.24) is 9.78 Å². The number of fused-ring (bicyclic) bond motifs is 7. The zero-order valence-electron chi connectivity index (χ0n) is 21.6. The van der Waals surface area contributed by atoms with Gasteiger partial charge in [-0.25, -0.2) is 0 Å². The molecule has 6 saturated carbocycles. The van der Waals surface area contributed by atoms with E-state index < -0.39 is 5.60 Å². The third kappa shape index (κ3) is 3.27. The molecule has 5 heteroatoms. The SMILES string of the molecule is C[C@H]1[C@@H]2[C@H]1[C@H](C(=O)Cn1cc(C#N)c(C3CC3)n1)[C@@]1(C)CC[C@H]3[C@@H](CC[C@@H]4C[C@](C)(O)CC[C@@H]43)[C@H]21. The van der Waals surface area contributed by atoms with Crippen molar-refractivity contribution in [2.75, 3.05) is 0 Å². The van der Waals surface area contributed by atoms with Crippen molar-refractivity contribution in [3.8, 4) is 6.07 Å². The first-order chi connectivity index (χ1) is 16.7. The Morgan fingerprint density at radius 1 is 1.11 bits per heavy atom. The van der Waals surface area contributed by atoms with Gasteiger partial charge in [0.2, 0.25) is 0 Å². The molecular formula is C30H41N3O2. The number of Topliss-reactive ketones (excluding diaryl/α,β-unsaturated/α-hetero) is 1. The summed E-state index contributed by atoms with van der Waals surface area (Å²) in [6.45, 7) is 7.24. The second kappa shape index (κ2) is 7.44. The van der Waals surface area contributed by atoms with Crippen molar-refractivity contribution in [1.29, 1.82) is 5.26 Å². The Kier molecular flexibility index (Phi) is 4.78. The molecule has 0 aliphatic heterocycles. The van der Waals surface area contributed by atoms with E-state index in [9.17, 15) is 15.2 Å². The van der Waals surface area contributed by atoms with E-state index in [0.29, 0.717) is 47.5 Å². The average Bonchev–Trinajstić information content (AvgIpc) is 3.69. The Balaban J connectivity index is 1.13. The summed E-state index contributed by atoms with van der Waals surface area (Å²) in [7, 11) is 0. The molecule has 1 aromatic heterocycles. The lowest BCUT2D eigenvalue weighted by Gasteiger charge is -2.58. The molecule has 6 fully saturated rings. The topological polar surface area (TPSA) is 78.9 Å². The number of aromatic nitrogens is 2. The van der Waals surface area contributed by atoms with Gasteiger partial charge in [-0.15, -0.1) is 0 Å². The van der Waals surface area contributed by atoms with Gasteiger partial charge in [0.1, 0.15) is 6.07 Å². The van der Waals surface area contributed by atoms with E-state index in [4.69, 9.17) is 5.10 Å². The van der Waals surface area contributed by atoms with Crippen molar-refractivity contribution >= 4 is 5.78 Å². The zero-order chi connectivity index (χ0) is 24.3. The molecule has 0 unspecified atom stereocenters. The zero-order valence-corrected chi connectivity index (χ0v) is 21.6. The van der Waals surface area contributed by atoms with Crippen molar-refractivity contribution in [2.24, 2.45) is 58.7 Å². The normalized spacial score (nSPS) is 49.9. The van der Waals surface area contributed by atoms with Gasteiger partial charge in [0.05, 0.1) is 23.4 Å². The minimum absolute atomic E-state index is 0.123. The van der Waals surface area contributed by atoms with Crippen LogP contribution in [0.15, 0.2) is 6.20 Å².